The van der Waals surface area contributed by atoms with Crippen LogP contribution in [0.4, 0.5) is 0 Å². The van der Waals surface area contributed by atoms with E-state index >= 15 is 0 Å². The second kappa shape index (κ2) is 4.04. The summed E-state index contributed by atoms with van der Waals surface area (Å²) in [5.74, 6) is 0. The summed E-state index contributed by atoms with van der Waals surface area (Å²) in [6.07, 6.45) is 3.47. The molecule has 1 aliphatic carbocycles. The van der Waals surface area contributed by atoms with E-state index in [9.17, 15) is 0 Å². The van der Waals surface area contributed by atoms with Crippen molar-refractivity contribution in [3.8, 4) is 0 Å². The van der Waals surface area contributed by atoms with Crippen molar-refractivity contribution >= 4 is 22.5 Å². The van der Waals surface area contributed by atoms with Gasteiger partial charge in [0.15, 0.2) is 0 Å². The first-order valence-corrected chi connectivity index (χ1v) is 6.52. The molecule has 0 saturated carbocycles. The highest BCUT2D eigenvalue weighted by Crippen LogP contribution is 2.34. The van der Waals surface area contributed by atoms with E-state index in [0.717, 1.165) is 17.9 Å². The predicted octanol–water partition coefficient (Wildman–Crippen LogP) is 2.91. The first kappa shape index (κ1) is 11.1. The van der Waals surface area contributed by atoms with E-state index in [0.29, 0.717) is 6.04 Å². The van der Waals surface area contributed by atoms with Crippen molar-refractivity contribution in [2.24, 2.45) is 7.05 Å². The van der Waals surface area contributed by atoms with Gasteiger partial charge < -0.3 is 9.88 Å². The summed E-state index contributed by atoms with van der Waals surface area (Å²) in [6, 6.07) is 6.82. The van der Waals surface area contributed by atoms with Gasteiger partial charge in [0.2, 0.25) is 0 Å². The zero-order chi connectivity index (χ0) is 12.0. The van der Waals surface area contributed by atoms with Gasteiger partial charge in [-0.2, -0.15) is 0 Å². The van der Waals surface area contributed by atoms with Crippen molar-refractivity contribution in [2.45, 2.75) is 25.3 Å². The Morgan fingerprint density at radius 2 is 2.24 bits per heavy atom. The third-order valence-corrected chi connectivity index (χ3v) is 4.29. The normalized spacial score (nSPS) is 19.6. The van der Waals surface area contributed by atoms with Gasteiger partial charge in [0.1, 0.15) is 0 Å². The zero-order valence-electron chi connectivity index (χ0n) is 10.3. The molecule has 2 nitrogen and oxygen atoms in total. The fourth-order valence-corrected chi connectivity index (χ4v) is 3.35. The van der Waals surface area contributed by atoms with Gasteiger partial charge >= 0.3 is 0 Å². The van der Waals surface area contributed by atoms with Crippen LogP contribution in [0.2, 0.25) is 5.02 Å². The third kappa shape index (κ3) is 1.59. The first-order valence-electron chi connectivity index (χ1n) is 6.14. The largest absolute Gasteiger partial charge is 0.346 e. The van der Waals surface area contributed by atoms with Crippen LogP contribution < -0.4 is 5.32 Å². The van der Waals surface area contributed by atoms with E-state index in [-0.39, 0.29) is 0 Å². The van der Waals surface area contributed by atoms with Crippen LogP contribution in [-0.4, -0.2) is 17.7 Å². The number of likely N-dealkylation sites (N-methyl/N-ethyl adjacent to an activating group) is 1. The molecule has 1 aromatic heterocycles. The van der Waals surface area contributed by atoms with Gasteiger partial charge in [-0.15, -0.1) is 0 Å². The second-order valence-electron chi connectivity index (χ2n) is 4.85. The molecule has 1 heterocycles. The molecule has 0 bridgehead atoms. The molecule has 0 aliphatic heterocycles. The van der Waals surface area contributed by atoms with E-state index in [1.807, 2.05) is 19.2 Å². The van der Waals surface area contributed by atoms with Gasteiger partial charge in [-0.3, -0.25) is 0 Å². The average Bonchev–Trinajstić information content (AvgIpc) is 2.64. The standard InChI is InChI=1S/C14H17ClN2/c1-16-9-6-7-13-11(8-9)10-4-3-5-12(15)14(10)17(13)2/h3-5,9,16H,6-8H2,1-2H3. The Balaban J connectivity index is 2.26. The second-order valence-corrected chi connectivity index (χ2v) is 5.26. The van der Waals surface area contributed by atoms with Crippen molar-refractivity contribution in [2.75, 3.05) is 7.05 Å². The Kier molecular flexibility index (Phi) is 2.64. The van der Waals surface area contributed by atoms with Crippen molar-refractivity contribution in [3.63, 3.8) is 0 Å². The summed E-state index contributed by atoms with van der Waals surface area (Å²) in [5.41, 5.74) is 4.13. The number of nitrogens with one attached hydrogen (secondary N) is 1. The van der Waals surface area contributed by atoms with Crippen LogP contribution in [0.1, 0.15) is 17.7 Å². The molecular formula is C14H17ClN2. The molecular weight excluding hydrogens is 232 g/mol. The van der Waals surface area contributed by atoms with Crippen LogP contribution in [0.25, 0.3) is 10.9 Å². The molecule has 0 spiro atoms. The SMILES string of the molecule is CNC1CCc2c(c3cccc(Cl)c3n2C)C1. The lowest BCUT2D eigenvalue weighted by Crippen LogP contribution is -2.31. The number of halogens is 1. The highest BCUT2D eigenvalue weighted by Gasteiger charge is 2.23. The molecule has 90 valence electrons. The number of hydrogen-bond acceptors (Lipinski definition) is 1. The molecule has 1 N–H and O–H groups in total. The number of fused-ring (bicyclic) bond motifs is 3. The third-order valence-electron chi connectivity index (χ3n) is 3.99. The lowest BCUT2D eigenvalue weighted by molar-refractivity contribution is 0.488. The maximum absolute atomic E-state index is 6.32. The Labute approximate surface area is 107 Å². The molecule has 3 heteroatoms. The Morgan fingerprint density at radius 3 is 3.00 bits per heavy atom. The number of aromatic nitrogens is 1. The summed E-state index contributed by atoms with van der Waals surface area (Å²) in [5, 5.41) is 5.58. The van der Waals surface area contributed by atoms with Crippen LogP contribution in [-0.2, 0) is 19.9 Å². The zero-order valence-corrected chi connectivity index (χ0v) is 11.0. The number of benzene rings is 1. The van der Waals surface area contributed by atoms with E-state index in [2.05, 4.69) is 23.0 Å². The highest BCUT2D eigenvalue weighted by atomic mass is 35.5. The van der Waals surface area contributed by atoms with E-state index in [4.69, 9.17) is 11.6 Å². The van der Waals surface area contributed by atoms with Crippen LogP contribution >= 0.6 is 11.6 Å². The summed E-state index contributed by atoms with van der Waals surface area (Å²) in [6.45, 7) is 0. The fraction of sp³-hybridized carbons (Fsp3) is 0.429. The lowest BCUT2D eigenvalue weighted by atomic mass is 9.91. The van der Waals surface area contributed by atoms with Crippen molar-refractivity contribution < 1.29 is 0 Å². The van der Waals surface area contributed by atoms with Crippen molar-refractivity contribution in [1.82, 2.24) is 9.88 Å². The minimum atomic E-state index is 0.604. The summed E-state index contributed by atoms with van der Waals surface area (Å²) >= 11 is 6.32. The van der Waals surface area contributed by atoms with E-state index < -0.39 is 0 Å². The monoisotopic (exact) mass is 248 g/mol. The topological polar surface area (TPSA) is 17.0 Å². The van der Waals surface area contributed by atoms with Gasteiger partial charge in [0.05, 0.1) is 10.5 Å². The van der Waals surface area contributed by atoms with Gasteiger partial charge in [-0.1, -0.05) is 23.7 Å². The van der Waals surface area contributed by atoms with Crippen LogP contribution in [0, 0.1) is 0 Å². The van der Waals surface area contributed by atoms with Crippen LogP contribution in [0.3, 0.4) is 0 Å². The Morgan fingerprint density at radius 1 is 1.41 bits per heavy atom. The number of para-hydroxylation sites is 1. The van der Waals surface area contributed by atoms with E-state index in [1.165, 1.54) is 28.6 Å². The Bertz CT molecular complexity index is 571. The molecule has 17 heavy (non-hydrogen) atoms. The molecule has 0 fully saturated rings. The summed E-state index contributed by atoms with van der Waals surface area (Å²) in [4.78, 5) is 0. The Hall–Kier alpha value is -0.990. The predicted molar refractivity (Wildman–Crippen MR) is 72.8 cm³/mol. The molecule has 3 rings (SSSR count). The molecule has 1 aromatic carbocycles. The molecule has 0 radical (unpaired) electrons. The maximum atomic E-state index is 6.32. The minimum Gasteiger partial charge on any atom is -0.346 e. The number of nitrogens with zero attached hydrogens (tertiary/aromatic N) is 1. The molecule has 2 aromatic rings. The summed E-state index contributed by atoms with van der Waals surface area (Å²) in [7, 11) is 4.18. The molecule has 0 amide bonds. The maximum Gasteiger partial charge on any atom is 0.0672 e. The number of aryl methyl sites for hydroxylation is 1. The van der Waals surface area contributed by atoms with Gasteiger partial charge in [0.25, 0.3) is 0 Å². The fourth-order valence-electron chi connectivity index (χ4n) is 3.04. The molecule has 1 unspecified atom stereocenters. The van der Waals surface area contributed by atoms with Gasteiger partial charge in [-0.05, 0) is 37.9 Å². The average molecular weight is 249 g/mol. The van der Waals surface area contributed by atoms with Crippen LogP contribution in [0.15, 0.2) is 18.2 Å². The number of hydrogen-bond donors (Lipinski definition) is 1. The smallest absolute Gasteiger partial charge is 0.0672 e. The van der Waals surface area contributed by atoms with Crippen molar-refractivity contribution in [3.05, 3.63) is 34.5 Å². The van der Waals surface area contributed by atoms with E-state index in [1.54, 1.807) is 0 Å². The van der Waals surface area contributed by atoms with Gasteiger partial charge in [-0.25, -0.2) is 0 Å². The van der Waals surface area contributed by atoms with Crippen LogP contribution in [0.5, 0.6) is 0 Å². The minimum absolute atomic E-state index is 0.604. The quantitative estimate of drug-likeness (QED) is 0.821. The van der Waals surface area contributed by atoms with Gasteiger partial charge in [0, 0.05) is 24.2 Å². The van der Waals surface area contributed by atoms with Crippen molar-refractivity contribution in [1.29, 1.82) is 0 Å². The molecule has 1 atom stereocenters. The lowest BCUT2D eigenvalue weighted by Gasteiger charge is -2.22. The number of rotatable bonds is 1. The molecule has 1 aliphatic rings. The summed E-state index contributed by atoms with van der Waals surface area (Å²) < 4.78 is 2.28. The first-order chi connectivity index (χ1) is 8.22. The molecule has 0 saturated heterocycles. The highest BCUT2D eigenvalue weighted by molar-refractivity contribution is 6.35.